The van der Waals surface area contributed by atoms with E-state index in [-0.39, 0.29) is 6.10 Å². The van der Waals surface area contributed by atoms with Gasteiger partial charge in [0.1, 0.15) is 12.4 Å². The van der Waals surface area contributed by atoms with Gasteiger partial charge in [-0.15, -0.1) is 0 Å². The molecule has 2 rings (SSSR count). The van der Waals surface area contributed by atoms with Gasteiger partial charge in [-0.25, -0.2) is 0 Å². The normalized spacial score (nSPS) is 17.1. The summed E-state index contributed by atoms with van der Waals surface area (Å²) in [4.78, 5) is 0. The first-order chi connectivity index (χ1) is 9.28. The Balaban J connectivity index is 1.73. The van der Waals surface area contributed by atoms with Gasteiger partial charge in [-0.3, -0.25) is 0 Å². The van der Waals surface area contributed by atoms with Crippen molar-refractivity contribution in [3.8, 4) is 11.8 Å². The maximum absolute atomic E-state index is 9.94. The molecule has 0 amide bonds. The Labute approximate surface area is 114 Å². The third-order valence-electron chi connectivity index (χ3n) is 3.73. The topological polar surface area (TPSA) is 53.2 Å². The fraction of sp³-hybridized carbons (Fsp3) is 0.562. The maximum Gasteiger partial charge on any atom is 0.119 e. The molecule has 0 saturated heterocycles. The van der Waals surface area contributed by atoms with Crippen LogP contribution < -0.4 is 4.74 Å². The van der Waals surface area contributed by atoms with Crippen LogP contribution in [-0.2, 0) is 6.42 Å². The number of nitrogens with zero attached hydrogens (tertiary/aromatic N) is 1. The van der Waals surface area contributed by atoms with E-state index >= 15 is 0 Å². The smallest absolute Gasteiger partial charge is 0.119 e. The Hall–Kier alpha value is -1.53. The Kier molecular flexibility index (Phi) is 5.23. The average Bonchev–Trinajstić information content (AvgIpc) is 2.91. The van der Waals surface area contributed by atoms with Gasteiger partial charge in [0, 0.05) is 0 Å². The first kappa shape index (κ1) is 13.9. The Morgan fingerprint density at radius 2 is 1.95 bits per heavy atom. The molecule has 0 spiro atoms. The summed E-state index contributed by atoms with van der Waals surface area (Å²) in [5.74, 6) is 1.43. The third kappa shape index (κ3) is 4.57. The highest BCUT2D eigenvalue weighted by Crippen LogP contribution is 2.28. The van der Waals surface area contributed by atoms with E-state index in [4.69, 9.17) is 10.00 Å². The lowest BCUT2D eigenvalue weighted by molar-refractivity contribution is 0.0855. The van der Waals surface area contributed by atoms with Gasteiger partial charge >= 0.3 is 0 Å². The molecular weight excluding hydrogens is 238 g/mol. The molecule has 0 radical (unpaired) electrons. The molecular formula is C16H21NO2. The van der Waals surface area contributed by atoms with Crippen LogP contribution in [0.25, 0.3) is 0 Å². The van der Waals surface area contributed by atoms with E-state index in [0.29, 0.717) is 18.9 Å². The molecule has 1 aliphatic carbocycles. The highest BCUT2D eigenvalue weighted by Gasteiger charge is 2.19. The maximum atomic E-state index is 9.94. The zero-order valence-electron chi connectivity index (χ0n) is 11.2. The second kappa shape index (κ2) is 7.16. The zero-order chi connectivity index (χ0) is 13.5. The monoisotopic (exact) mass is 259 g/mol. The molecule has 1 aliphatic rings. The van der Waals surface area contributed by atoms with E-state index in [1.54, 1.807) is 0 Å². The summed E-state index contributed by atoms with van der Waals surface area (Å²) in [7, 11) is 0. The van der Waals surface area contributed by atoms with Crippen LogP contribution in [0.3, 0.4) is 0 Å². The summed E-state index contributed by atoms with van der Waals surface area (Å²) in [6.07, 6.45) is 6.01. The minimum Gasteiger partial charge on any atom is -0.491 e. The summed E-state index contributed by atoms with van der Waals surface area (Å²) in [5, 5.41) is 18.5. The van der Waals surface area contributed by atoms with E-state index in [9.17, 15) is 5.11 Å². The number of ether oxygens (including phenoxy) is 1. The summed E-state index contributed by atoms with van der Waals surface area (Å²) in [5.41, 5.74) is 0.987. The molecule has 102 valence electrons. The number of rotatable bonds is 6. The van der Waals surface area contributed by atoms with E-state index < -0.39 is 0 Å². The highest BCUT2D eigenvalue weighted by molar-refractivity contribution is 5.28. The summed E-state index contributed by atoms with van der Waals surface area (Å²) >= 11 is 0. The molecule has 1 fully saturated rings. The Morgan fingerprint density at radius 1 is 1.26 bits per heavy atom. The van der Waals surface area contributed by atoms with Gasteiger partial charge in [0.25, 0.3) is 0 Å². The molecule has 3 nitrogen and oxygen atoms in total. The van der Waals surface area contributed by atoms with E-state index in [1.807, 2.05) is 24.3 Å². The summed E-state index contributed by atoms with van der Waals surface area (Å²) in [6, 6.07) is 9.61. The van der Waals surface area contributed by atoms with Crippen LogP contribution in [0.15, 0.2) is 24.3 Å². The van der Waals surface area contributed by atoms with Crippen molar-refractivity contribution in [2.24, 2.45) is 5.92 Å². The van der Waals surface area contributed by atoms with Crippen molar-refractivity contribution < 1.29 is 9.84 Å². The number of aliphatic hydroxyl groups is 1. The predicted octanol–water partition coefficient (Wildman–Crippen LogP) is 3.07. The van der Waals surface area contributed by atoms with Crippen LogP contribution in [0.2, 0.25) is 0 Å². The Morgan fingerprint density at radius 3 is 2.58 bits per heavy atom. The highest BCUT2D eigenvalue weighted by atomic mass is 16.5. The van der Waals surface area contributed by atoms with Crippen molar-refractivity contribution in [3.05, 3.63) is 29.8 Å². The average molecular weight is 259 g/mol. The lowest BCUT2D eigenvalue weighted by atomic mass is 10.0. The van der Waals surface area contributed by atoms with E-state index in [1.165, 1.54) is 25.7 Å². The van der Waals surface area contributed by atoms with Gasteiger partial charge in [0.15, 0.2) is 0 Å². The van der Waals surface area contributed by atoms with Gasteiger partial charge in [0.05, 0.1) is 18.6 Å². The van der Waals surface area contributed by atoms with Crippen LogP contribution >= 0.6 is 0 Å². The van der Waals surface area contributed by atoms with Gasteiger partial charge in [-0.05, 0) is 30.0 Å². The molecule has 0 aromatic heterocycles. The molecule has 1 unspecified atom stereocenters. The van der Waals surface area contributed by atoms with Gasteiger partial charge in [-0.2, -0.15) is 5.26 Å². The quantitative estimate of drug-likeness (QED) is 0.854. The minimum atomic E-state index is -0.373. The molecule has 19 heavy (non-hydrogen) atoms. The van der Waals surface area contributed by atoms with Crippen LogP contribution in [-0.4, -0.2) is 17.8 Å². The number of hydrogen-bond acceptors (Lipinski definition) is 3. The molecule has 1 atom stereocenters. The largest absolute Gasteiger partial charge is 0.491 e. The van der Waals surface area contributed by atoms with Crippen molar-refractivity contribution in [1.29, 1.82) is 5.26 Å². The zero-order valence-corrected chi connectivity index (χ0v) is 11.2. The molecule has 0 heterocycles. The van der Waals surface area contributed by atoms with Crippen LogP contribution in [0.5, 0.6) is 5.75 Å². The van der Waals surface area contributed by atoms with Crippen molar-refractivity contribution in [3.63, 3.8) is 0 Å². The minimum absolute atomic E-state index is 0.355. The number of aliphatic hydroxyl groups excluding tert-OH is 1. The molecule has 1 N–H and O–H groups in total. The van der Waals surface area contributed by atoms with E-state index in [0.717, 1.165) is 17.7 Å². The Bertz CT molecular complexity index is 415. The molecule has 0 bridgehead atoms. The van der Waals surface area contributed by atoms with Crippen molar-refractivity contribution in [1.82, 2.24) is 0 Å². The standard InChI is InChI=1S/C16H21NO2/c17-10-9-13-5-7-16(8-6-13)19-12-15(18)11-14-3-1-2-4-14/h5-8,14-15,18H,1-4,9,11-12H2. The fourth-order valence-corrected chi connectivity index (χ4v) is 2.69. The lowest BCUT2D eigenvalue weighted by Gasteiger charge is -2.16. The van der Waals surface area contributed by atoms with Crippen molar-refractivity contribution in [2.75, 3.05) is 6.61 Å². The number of nitriles is 1. The molecule has 1 saturated carbocycles. The fourth-order valence-electron chi connectivity index (χ4n) is 2.69. The number of benzene rings is 1. The van der Waals surface area contributed by atoms with Gasteiger partial charge in [-0.1, -0.05) is 37.8 Å². The van der Waals surface area contributed by atoms with Crippen LogP contribution in [0, 0.1) is 17.2 Å². The molecule has 0 aliphatic heterocycles. The SMILES string of the molecule is N#CCc1ccc(OCC(O)CC2CCCC2)cc1. The van der Waals surface area contributed by atoms with Crippen molar-refractivity contribution >= 4 is 0 Å². The third-order valence-corrected chi connectivity index (χ3v) is 3.73. The van der Waals surface area contributed by atoms with Crippen LogP contribution in [0.4, 0.5) is 0 Å². The molecule has 1 aromatic carbocycles. The number of hydrogen-bond donors (Lipinski definition) is 1. The first-order valence-corrected chi connectivity index (χ1v) is 7.04. The molecule has 1 aromatic rings. The summed E-state index contributed by atoms with van der Waals surface area (Å²) in [6.45, 7) is 0.355. The predicted molar refractivity (Wildman–Crippen MR) is 73.8 cm³/mol. The lowest BCUT2D eigenvalue weighted by Crippen LogP contribution is -2.20. The second-order valence-electron chi connectivity index (χ2n) is 5.33. The van der Waals surface area contributed by atoms with Gasteiger partial charge < -0.3 is 9.84 Å². The summed E-state index contributed by atoms with van der Waals surface area (Å²) < 4.78 is 5.58. The first-order valence-electron chi connectivity index (χ1n) is 7.04. The molecule has 3 heteroatoms. The van der Waals surface area contributed by atoms with E-state index in [2.05, 4.69) is 6.07 Å². The van der Waals surface area contributed by atoms with Crippen molar-refractivity contribution in [2.45, 2.75) is 44.6 Å². The van der Waals surface area contributed by atoms with Gasteiger partial charge in [0.2, 0.25) is 0 Å². The second-order valence-corrected chi connectivity index (χ2v) is 5.33. The van der Waals surface area contributed by atoms with Crippen LogP contribution in [0.1, 0.15) is 37.7 Å².